The summed E-state index contributed by atoms with van der Waals surface area (Å²) < 4.78 is 0. The van der Waals surface area contributed by atoms with E-state index in [1.165, 1.54) is 4.90 Å². The Labute approximate surface area is 64.5 Å². The Bertz CT molecular complexity index is 190. The van der Waals surface area contributed by atoms with Crippen molar-refractivity contribution >= 4 is 11.9 Å². The summed E-state index contributed by atoms with van der Waals surface area (Å²) in [6.07, 6.45) is 1.57. The first-order valence-electron chi connectivity index (χ1n) is 3.53. The van der Waals surface area contributed by atoms with Crippen molar-refractivity contribution < 1.29 is 9.90 Å². The molecule has 1 heterocycles. The van der Waals surface area contributed by atoms with Crippen LogP contribution in [0.2, 0.25) is 0 Å². The zero-order valence-electron chi connectivity index (χ0n) is 6.16. The largest absolute Gasteiger partial charge is 0.465 e. The minimum absolute atomic E-state index is 0.476. The van der Waals surface area contributed by atoms with Crippen LogP contribution in [0.1, 0.15) is 19.3 Å². The van der Waals surface area contributed by atoms with E-state index < -0.39 is 6.09 Å². The fourth-order valence-corrected chi connectivity index (χ4v) is 1.16. The van der Waals surface area contributed by atoms with Gasteiger partial charge in [0.1, 0.15) is 5.84 Å². The lowest BCUT2D eigenvalue weighted by Crippen LogP contribution is -2.39. The van der Waals surface area contributed by atoms with Crippen molar-refractivity contribution in [3.8, 4) is 0 Å². The molecule has 0 aromatic heterocycles. The lowest BCUT2D eigenvalue weighted by atomic mass is 10.1. The van der Waals surface area contributed by atoms with Crippen molar-refractivity contribution in [3.63, 3.8) is 0 Å². The molecule has 0 saturated carbocycles. The molecule has 0 unspecified atom stereocenters. The third kappa shape index (κ3) is 1.60. The van der Waals surface area contributed by atoms with Crippen molar-refractivity contribution in [2.75, 3.05) is 6.54 Å². The molecule has 5 heteroatoms. The minimum atomic E-state index is -0.964. The molecular formula is C6H11N3O2. The van der Waals surface area contributed by atoms with Crippen molar-refractivity contribution in [2.24, 2.45) is 10.9 Å². The summed E-state index contributed by atoms with van der Waals surface area (Å²) in [6, 6.07) is 0. The van der Waals surface area contributed by atoms with Gasteiger partial charge in [0.2, 0.25) is 0 Å². The van der Waals surface area contributed by atoms with Crippen LogP contribution in [0.25, 0.3) is 0 Å². The summed E-state index contributed by atoms with van der Waals surface area (Å²) in [5, 5.41) is 12.0. The van der Waals surface area contributed by atoms with Crippen LogP contribution in [-0.2, 0) is 0 Å². The number of nitrogens with zero attached hydrogens (tertiary/aromatic N) is 2. The number of hydrazone groups is 1. The first-order chi connectivity index (χ1) is 5.25. The van der Waals surface area contributed by atoms with Gasteiger partial charge in [0.05, 0.1) is 0 Å². The first-order valence-corrected chi connectivity index (χ1v) is 3.53. The van der Waals surface area contributed by atoms with E-state index in [-0.39, 0.29) is 0 Å². The molecule has 0 atom stereocenters. The van der Waals surface area contributed by atoms with E-state index in [1.54, 1.807) is 0 Å². The molecule has 0 radical (unpaired) electrons. The Balaban J connectivity index is 2.67. The van der Waals surface area contributed by atoms with Gasteiger partial charge in [-0.25, -0.2) is 4.79 Å². The van der Waals surface area contributed by atoms with E-state index in [0.717, 1.165) is 12.8 Å². The molecule has 0 bridgehead atoms. The zero-order valence-corrected chi connectivity index (χ0v) is 6.16. The maximum atomic E-state index is 10.5. The maximum Gasteiger partial charge on any atom is 0.412 e. The Morgan fingerprint density at radius 3 is 2.82 bits per heavy atom. The Morgan fingerprint density at radius 1 is 1.64 bits per heavy atom. The monoisotopic (exact) mass is 157 g/mol. The molecule has 1 aliphatic rings. The van der Waals surface area contributed by atoms with E-state index in [2.05, 4.69) is 5.10 Å². The van der Waals surface area contributed by atoms with Crippen LogP contribution < -0.4 is 5.84 Å². The van der Waals surface area contributed by atoms with Gasteiger partial charge in [-0.3, -0.25) is 4.90 Å². The molecular weight excluding hydrogens is 146 g/mol. The molecule has 1 saturated heterocycles. The van der Waals surface area contributed by atoms with Crippen molar-refractivity contribution in [2.45, 2.75) is 19.3 Å². The van der Waals surface area contributed by atoms with Gasteiger partial charge in [0.15, 0.2) is 0 Å². The molecule has 0 aromatic rings. The number of amidine groups is 1. The zero-order chi connectivity index (χ0) is 8.27. The van der Waals surface area contributed by atoms with E-state index in [0.29, 0.717) is 18.8 Å². The fourth-order valence-electron chi connectivity index (χ4n) is 1.16. The van der Waals surface area contributed by atoms with Crippen LogP contribution in [0.3, 0.4) is 0 Å². The number of amides is 1. The normalized spacial score (nSPS) is 22.2. The van der Waals surface area contributed by atoms with Gasteiger partial charge < -0.3 is 10.9 Å². The molecule has 1 aliphatic heterocycles. The Kier molecular flexibility index (Phi) is 2.30. The van der Waals surface area contributed by atoms with E-state index in [1.807, 2.05) is 0 Å². The van der Waals surface area contributed by atoms with Crippen LogP contribution >= 0.6 is 0 Å². The van der Waals surface area contributed by atoms with Crippen LogP contribution in [0.15, 0.2) is 5.10 Å². The van der Waals surface area contributed by atoms with Gasteiger partial charge in [-0.2, -0.15) is 5.10 Å². The quantitative estimate of drug-likeness (QED) is 0.395. The van der Waals surface area contributed by atoms with Crippen LogP contribution in [-0.4, -0.2) is 28.5 Å². The predicted molar refractivity (Wildman–Crippen MR) is 40.2 cm³/mol. The molecule has 1 amide bonds. The highest BCUT2D eigenvalue weighted by Gasteiger charge is 2.21. The highest BCUT2D eigenvalue weighted by Crippen LogP contribution is 2.11. The molecule has 1 fully saturated rings. The van der Waals surface area contributed by atoms with E-state index >= 15 is 0 Å². The Hall–Kier alpha value is -1.26. The van der Waals surface area contributed by atoms with Crippen molar-refractivity contribution in [3.05, 3.63) is 0 Å². The highest BCUT2D eigenvalue weighted by atomic mass is 16.4. The SMILES string of the molecule is NN=C1CCCCN1C(=O)O. The number of hydrogen-bond acceptors (Lipinski definition) is 3. The number of rotatable bonds is 0. The predicted octanol–water partition coefficient (Wildman–Crippen LogP) is 0.423. The van der Waals surface area contributed by atoms with Gasteiger partial charge in [0.25, 0.3) is 0 Å². The van der Waals surface area contributed by atoms with Crippen molar-refractivity contribution in [1.82, 2.24) is 4.90 Å². The van der Waals surface area contributed by atoms with Gasteiger partial charge in [-0.15, -0.1) is 0 Å². The summed E-state index contributed by atoms with van der Waals surface area (Å²) >= 11 is 0. The average molecular weight is 157 g/mol. The van der Waals surface area contributed by atoms with Crippen molar-refractivity contribution in [1.29, 1.82) is 0 Å². The smallest absolute Gasteiger partial charge is 0.412 e. The highest BCUT2D eigenvalue weighted by molar-refractivity contribution is 5.95. The third-order valence-electron chi connectivity index (χ3n) is 1.72. The average Bonchev–Trinajstić information content (AvgIpc) is 2.04. The third-order valence-corrected chi connectivity index (χ3v) is 1.72. The summed E-state index contributed by atoms with van der Waals surface area (Å²) in [4.78, 5) is 11.7. The second-order valence-corrected chi connectivity index (χ2v) is 2.44. The molecule has 0 aliphatic carbocycles. The van der Waals surface area contributed by atoms with Crippen LogP contribution in [0, 0.1) is 0 Å². The number of nitrogens with two attached hydrogens (primary N) is 1. The minimum Gasteiger partial charge on any atom is -0.465 e. The van der Waals surface area contributed by atoms with Gasteiger partial charge >= 0.3 is 6.09 Å². The van der Waals surface area contributed by atoms with Gasteiger partial charge in [-0.1, -0.05) is 0 Å². The standard InChI is InChI=1S/C6H11N3O2/c7-8-5-3-1-2-4-9(5)6(10)11/h1-4,7H2,(H,10,11). The molecule has 0 aromatic carbocycles. The Morgan fingerprint density at radius 2 is 2.36 bits per heavy atom. The summed E-state index contributed by atoms with van der Waals surface area (Å²) in [5.74, 6) is 5.49. The fraction of sp³-hybridized carbons (Fsp3) is 0.667. The second-order valence-electron chi connectivity index (χ2n) is 2.44. The lowest BCUT2D eigenvalue weighted by molar-refractivity contribution is 0.165. The summed E-state index contributed by atoms with van der Waals surface area (Å²) in [7, 11) is 0. The number of piperidine rings is 1. The molecule has 3 N–H and O–H groups in total. The molecule has 5 nitrogen and oxygen atoms in total. The number of carboxylic acid groups (broad SMARTS) is 1. The number of likely N-dealkylation sites (tertiary alicyclic amines) is 1. The van der Waals surface area contributed by atoms with E-state index in [4.69, 9.17) is 10.9 Å². The summed E-state index contributed by atoms with van der Waals surface area (Å²) in [5.41, 5.74) is 0. The molecule has 0 spiro atoms. The molecule has 1 rings (SSSR count). The second kappa shape index (κ2) is 3.23. The van der Waals surface area contributed by atoms with Crippen LogP contribution in [0.4, 0.5) is 4.79 Å². The molecule has 62 valence electrons. The topological polar surface area (TPSA) is 78.9 Å². The first kappa shape index (κ1) is 7.84. The number of hydrogen-bond donors (Lipinski definition) is 2. The number of carbonyl (C=O) groups is 1. The van der Waals surface area contributed by atoms with Gasteiger partial charge in [-0.05, 0) is 12.8 Å². The van der Waals surface area contributed by atoms with E-state index in [9.17, 15) is 4.79 Å². The molecule has 11 heavy (non-hydrogen) atoms. The summed E-state index contributed by atoms with van der Waals surface area (Å²) in [6.45, 7) is 0.519. The lowest BCUT2D eigenvalue weighted by Gasteiger charge is -2.24. The maximum absolute atomic E-state index is 10.5. The van der Waals surface area contributed by atoms with Gasteiger partial charge in [0, 0.05) is 13.0 Å². The van der Waals surface area contributed by atoms with Crippen LogP contribution in [0.5, 0.6) is 0 Å².